The van der Waals surface area contributed by atoms with Crippen LogP contribution in [0.25, 0.3) is 0 Å². The summed E-state index contributed by atoms with van der Waals surface area (Å²) in [5.41, 5.74) is 0. The number of hydrogen-bond donors (Lipinski definition) is 2. The molecule has 0 aromatic carbocycles. The minimum Gasteiger partial charge on any atom is -0.477 e. The number of nitrogens with one attached hydrogen (secondary N) is 1. The molecule has 0 aliphatic carbocycles. The molecule has 1 aromatic heterocycles. The average molecular weight is 263 g/mol. The van der Waals surface area contributed by atoms with Crippen LogP contribution in [0.3, 0.4) is 0 Å². The SMILES string of the molecule is CCC(C)NS(=O)(=O)c1ccsc1C(=O)O. The van der Waals surface area contributed by atoms with Crippen molar-refractivity contribution in [2.45, 2.75) is 31.2 Å². The number of hydrogen-bond acceptors (Lipinski definition) is 4. The number of carbonyl (C=O) groups is 1. The zero-order chi connectivity index (χ0) is 12.3. The van der Waals surface area contributed by atoms with Crippen molar-refractivity contribution in [3.8, 4) is 0 Å². The van der Waals surface area contributed by atoms with Crippen LogP contribution in [0.2, 0.25) is 0 Å². The van der Waals surface area contributed by atoms with Crippen molar-refractivity contribution in [2.24, 2.45) is 0 Å². The van der Waals surface area contributed by atoms with Gasteiger partial charge in [0, 0.05) is 6.04 Å². The van der Waals surface area contributed by atoms with Crippen LogP contribution < -0.4 is 4.72 Å². The quantitative estimate of drug-likeness (QED) is 0.843. The Kier molecular flexibility index (Phi) is 4.06. The summed E-state index contributed by atoms with van der Waals surface area (Å²) in [6, 6.07) is 1.09. The van der Waals surface area contributed by atoms with Crippen molar-refractivity contribution in [3.05, 3.63) is 16.3 Å². The van der Waals surface area contributed by atoms with Gasteiger partial charge in [0.2, 0.25) is 10.0 Å². The summed E-state index contributed by atoms with van der Waals surface area (Å²) in [7, 11) is -3.72. The molecule has 7 heteroatoms. The van der Waals surface area contributed by atoms with Crippen LogP contribution in [0, 0.1) is 0 Å². The molecule has 90 valence electrons. The third kappa shape index (κ3) is 2.81. The number of aromatic carboxylic acids is 1. The van der Waals surface area contributed by atoms with Crippen molar-refractivity contribution < 1.29 is 18.3 Å². The van der Waals surface area contributed by atoms with E-state index in [4.69, 9.17) is 5.11 Å². The monoisotopic (exact) mass is 263 g/mol. The third-order valence-electron chi connectivity index (χ3n) is 2.08. The Balaban J connectivity index is 3.08. The van der Waals surface area contributed by atoms with Crippen LogP contribution in [-0.4, -0.2) is 25.5 Å². The second kappa shape index (κ2) is 4.94. The van der Waals surface area contributed by atoms with Gasteiger partial charge < -0.3 is 5.11 Å². The molecular formula is C9H13NO4S2. The first kappa shape index (κ1) is 13.1. The predicted molar refractivity (Wildman–Crippen MR) is 61.4 cm³/mol. The van der Waals surface area contributed by atoms with E-state index in [1.807, 2.05) is 6.92 Å². The molecule has 0 aliphatic rings. The molecular weight excluding hydrogens is 250 g/mol. The van der Waals surface area contributed by atoms with Crippen LogP contribution >= 0.6 is 11.3 Å². The lowest BCUT2D eigenvalue weighted by atomic mass is 10.3. The number of sulfonamides is 1. The van der Waals surface area contributed by atoms with Crippen LogP contribution in [0.4, 0.5) is 0 Å². The molecule has 1 atom stereocenters. The first-order valence-electron chi connectivity index (χ1n) is 4.71. The van der Waals surface area contributed by atoms with Crippen LogP contribution in [-0.2, 0) is 10.0 Å². The predicted octanol–water partition coefficient (Wildman–Crippen LogP) is 1.52. The van der Waals surface area contributed by atoms with Crippen molar-refractivity contribution in [3.63, 3.8) is 0 Å². The van der Waals surface area contributed by atoms with E-state index >= 15 is 0 Å². The maximum atomic E-state index is 11.8. The average Bonchev–Trinajstić information content (AvgIpc) is 2.65. The fourth-order valence-electron chi connectivity index (χ4n) is 1.08. The maximum Gasteiger partial charge on any atom is 0.347 e. The first-order chi connectivity index (χ1) is 7.38. The molecule has 1 rings (SSSR count). The molecule has 0 radical (unpaired) electrons. The van der Waals surface area contributed by atoms with Crippen LogP contribution in [0.1, 0.15) is 29.9 Å². The smallest absolute Gasteiger partial charge is 0.347 e. The highest BCUT2D eigenvalue weighted by Crippen LogP contribution is 2.22. The normalized spacial score (nSPS) is 13.6. The van der Waals surface area contributed by atoms with Gasteiger partial charge in [-0.3, -0.25) is 0 Å². The summed E-state index contributed by atoms with van der Waals surface area (Å²) in [6.45, 7) is 3.57. The summed E-state index contributed by atoms with van der Waals surface area (Å²) >= 11 is 0.900. The van der Waals surface area contributed by atoms with E-state index in [1.165, 1.54) is 11.4 Å². The van der Waals surface area contributed by atoms with E-state index < -0.39 is 16.0 Å². The van der Waals surface area contributed by atoms with Gasteiger partial charge in [-0.25, -0.2) is 17.9 Å². The Morgan fingerprint density at radius 1 is 1.62 bits per heavy atom. The summed E-state index contributed by atoms with van der Waals surface area (Å²) in [6.07, 6.45) is 0.645. The van der Waals surface area contributed by atoms with Gasteiger partial charge in [-0.2, -0.15) is 0 Å². The molecule has 0 bridgehead atoms. The Morgan fingerprint density at radius 3 is 2.75 bits per heavy atom. The Morgan fingerprint density at radius 2 is 2.25 bits per heavy atom. The van der Waals surface area contributed by atoms with E-state index in [2.05, 4.69) is 4.72 Å². The van der Waals surface area contributed by atoms with Crippen molar-refractivity contribution in [2.75, 3.05) is 0 Å². The number of rotatable bonds is 5. The van der Waals surface area contributed by atoms with Gasteiger partial charge in [-0.15, -0.1) is 11.3 Å². The zero-order valence-electron chi connectivity index (χ0n) is 8.93. The fourth-order valence-corrected chi connectivity index (χ4v) is 3.66. The standard InChI is InChI=1S/C9H13NO4S2/c1-3-6(2)10-16(13,14)7-4-5-15-8(7)9(11)12/h4-6,10H,3H2,1-2H3,(H,11,12). The van der Waals surface area contributed by atoms with Crippen molar-refractivity contribution >= 4 is 27.3 Å². The lowest BCUT2D eigenvalue weighted by molar-refractivity contribution is 0.0698. The summed E-state index contributed by atoms with van der Waals surface area (Å²) in [5.74, 6) is -1.22. The fraction of sp³-hybridized carbons (Fsp3) is 0.444. The first-order valence-corrected chi connectivity index (χ1v) is 7.08. The summed E-state index contributed by atoms with van der Waals surface area (Å²) in [5, 5.41) is 10.3. The van der Waals surface area contributed by atoms with E-state index in [0.717, 1.165) is 11.3 Å². The Hall–Kier alpha value is -0.920. The molecule has 16 heavy (non-hydrogen) atoms. The second-order valence-corrected chi connectivity index (χ2v) is 5.95. The largest absolute Gasteiger partial charge is 0.477 e. The van der Waals surface area contributed by atoms with Gasteiger partial charge in [0.1, 0.15) is 9.77 Å². The lowest BCUT2D eigenvalue weighted by Crippen LogP contribution is -2.32. The van der Waals surface area contributed by atoms with Gasteiger partial charge in [0.15, 0.2) is 0 Å². The molecule has 0 aliphatic heterocycles. The Bertz CT molecular complexity index is 477. The Labute approximate surface area is 98.2 Å². The number of thiophene rings is 1. The highest BCUT2D eigenvalue weighted by Gasteiger charge is 2.24. The number of carboxylic acids is 1. The van der Waals surface area contributed by atoms with Gasteiger partial charge >= 0.3 is 5.97 Å². The maximum absolute atomic E-state index is 11.8. The lowest BCUT2D eigenvalue weighted by Gasteiger charge is -2.11. The van der Waals surface area contributed by atoms with Crippen molar-refractivity contribution in [1.29, 1.82) is 0 Å². The van der Waals surface area contributed by atoms with Gasteiger partial charge in [0.05, 0.1) is 0 Å². The molecule has 0 saturated carbocycles. The van der Waals surface area contributed by atoms with E-state index in [1.54, 1.807) is 6.92 Å². The van der Waals surface area contributed by atoms with Gasteiger partial charge in [-0.1, -0.05) is 6.92 Å². The molecule has 1 aromatic rings. The third-order valence-corrected chi connectivity index (χ3v) is 4.75. The zero-order valence-corrected chi connectivity index (χ0v) is 10.6. The summed E-state index contributed by atoms with van der Waals surface area (Å²) < 4.78 is 26.1. The van der Waals surface area contributed by atoms with E-state index in [0.29, 0.717) is 6.42 Å². The molecule has 5 nitrogen and oxygen atoms in total. The molecule has 1 heterocycles. The minimum absolute atomic E-state index is 0.157. The van der Waals surface area contributed by atoms with Crippen LogP contribution in [0.15, 0.2) is 16.3 Å². The molecule has 0 saturated heterocycles. The molecule has 0 amide bonds. The molecule has 0 fully saturated rings. The summed E-state index contributed by atoms with van der Waals surface area (Å²) in [4.78, 5) is 10.5. The molecule has 2 N–H and O–H groups in total. The van der Waals surface area contributed by atoms with E-state index in [-0.39, 0.29) is 15.8 Å². The van der Waals surface area contributed by atoms with Gasteiger partial charge in [0.25, 0.3) is 0 Å². The van der Waals surface area contributed by atoms with E-state index in [9.17, 15) is 13.2 Å². The number of carboxylic acid groups (broad SMARTS) is 1. The topological polar surface area (TPSA) is 83.5 Å². The highest BCUT2D eigenvalue weighted by molar-refractivity contribution is 7.89. The molecule has 1 unspecified atom stereocenters. The second-order valence-electron chi connectivity index (χ2n) is 3.35. The van der Waals surface area contributed by atoms with Crippen LogP contribution in [0.5, 0.6) is 0 Å². The van der Waals surface area contributed by atoms with Gasteiger partial charge in [-0.05, 0) is 24.8 Å². The molecule has 0 spiro atoms. The highest BCUT2D eigenvalue weighted by atomic mass is 32.2. The van der Waals surface area contributed by atoms with Crippen molar-refractivity contribution in [1.82, 2.24) is 4.72 Å². The minimum atomic E-state index is -3.72.